The third kappa shape index (κ3) is 3.93. The molecule has 144 valence electrons. The van der Waals surface area contributed by atoms with Crippen LogP contribution < -0.4 is 10.2 Å². The zero-order valence-electron chi connectivity index (χ0n) is 17.2. The highest BCUT2D eigenvalue weighted by atomic mass is 16.7. The number of ether oxygens (including phenoxy) is 2. The molecule has 0 saturated carbocycles. The van der Waals surface area contributed by atoms with Crippen LogP contribution in [0.3, 0.4) is 0 Å². The third-order valence-corrected chi connectivity index (χ3v) is 5.75. The van der Waals surface area contributed by atoms with Crippen LogP contribution >= 0.6 is 0 Å². The van der Waals surface area contributed by atoms with Gasteiger partial charge in [0.25, 0.3) is 0 Å². The van der Waals surface area contributed by atoms with Crippen molar-refractivity contribution < 1.29 is 18.8 Å². The fourth-order valence-corrected chi connectivity index (χ4v) is 3.70. The van der Waals surface area contributed by atoms with E-state index in [0.29, 0.717) is 0 Å². The van der Waals surface area contributed by atoms with Crippen LogP contribution in [0.2, 0.25) is 0 Å². The second-order valence-electron chi connectivity index (χ2n) is 8.60. The van der Waals surface area contributed by atoms with Gasteiger partial charge in [-0.05, 0) is 64.7 Å². The molecule has 2 aliphatic heterocycles. The Balaban J connectivity index is 1.87. The van der Waals surface area contributed by atoms with Crippen molar-refractivity contribution in [1.29, 1.82) is 0 Å². The summed E-state index contributed by atoms with van der Waals surface area (Å²) in [5.41, 5.74) is 1.56. The summed E-state index contributed by atoms with van der Waals surface area (Å²) in [5, 5.41) is 0. The molecule has 2 atom stereocenters. The lowest BCUT2D eigenvalue weighted by atomic mass is 9.75. The van der Waals surface area contributed by atoms with Crippen molar-refractivity contribution in [1.82, 2.24) is 4.90 Å². The molecule has 5 nitrogen and oxygen atoms in total. The number of hydrogen-bond donors (Lipinski definition) is 0. The number of methoxy groups -OCH3 is 1. The van der Waals surface area contributed by atoms with Crippen molar-refractivity contribution in [3.8, 4) is 5.75 Å². The first-order valence-electron chi connectivity index (χ1n) is 9.51. The predicted octanol–water partition coefficient (Wildman–Crippen LogP) is 2.60. The summed E-state index contributed by atoms with van der Waals surface area (Å²) in [4.78, 5) is 2.43. The molecule has 0 N–H and O–H groups in total. The highest BCUT2D eigenvalue weighted by molar-refractivity contribution is 6.62. The van der Waals surface area contributed by atoms with Crippen molar-refractivity contribution in [2.45, 2.75) is 71.5 Å². The smallest absolute Gasteiger partial charge is 0.495 e. The fourth-order valence-electron chi connectivity index (χ4n) is 3.70. The van der Waals surface area contributed by atoms with Gasteiger partial charge < -0.3 is 18.8 Å². The summed E-state index contributed by atoms with van der Waals surface area (Å²) in [6, 6.07) is 6.16. The van der Waals surface area contributed by atoms with Gasteiger partial charge in [0, 0.05) is 19.6 Å². The Bertz CT molecular complexity index is 623. The molecule has 2 aliphatic rings. The number of hydrogen-bond acceptors (Lipinski definition) is 5. The molecule has 0 radical (unpaired) electrons. The maximum Gasteiger partial charge on any atom is 0.495 e. The number of nitrogens with zero attached hydrogens (tertiary/aromatic N) is 1. The van der Waals surface area contributed by atoms with Crippen LogP contribution in [-0.4, -0.2) is 55.6 Å². The second kappa shape index (κ2) is 7.15. The molecule has 1 aromatic carbocycles. The Kier molecular flexibility index (Phi) is 5.41. The lowest BCUT2D eigenvalue weighted by Crippen LogP contribution is -2.46. The molecular formula is C20H32BNO4. The highest BCUT2D eigenvalue weighted by Gasteiger charge is 2.52. The second-order valence-corrected chi connectivity index (χ2v) is 8.60. The maximum atomic E-state index is 6.29. The minimum Gasteiger partial charge on any atom is -0.497 e. The zero-order valence-corrected chi connectivity index (χ0v) is 17.2. The lowest BCUT2D eigenvalue weighted by Gasteiger charge is -2.35. The summed E-state index contributed by atoms with van der Waals surface area (Å²) < 4.78 is 23.9. The minimum absolute atomic E-state index is 0.240. The van der Waals surface area contributed by atoms with E-state index in [2.05, 4.69) is 58.6 Å². The van der Waals surface area contributed by atoms with Gasteiger partial charge in [0.2, 0.25) is 0 Å². The summed E-state index contributed by atoms with van der Waals surface area (Å²) in [6.45, 7) is 15.3. The van der Waals surface area contributed by atoms with E-state index in [1.807, 2.05) is 6.07 Å². The molecule has 0 bridgehead atoms. The van der Waals surface area contributed by atoms with Crippen molar-refractivity contribution in [3.05, 3.63) is 23.8 Å². The predicted molar refractivity (Wildman–Crippen MR) is 104 cm³/mol. The molecule has 26 heavy (non-hydrogen) atoms. The average Bonchev–Trinajstić information content (AvgIpc) is 2.74. The normalized spacial score (nSPS) is 28.3. The summed E-state index contributed by atoms with van der Waals surface area (Å²) >= 11 is 0. The topological polar surface area (TPSA) is 40.2 Å². The molecule has 1 aromatic rings. The van der Waals surface area contributed by atoms with Crippen LogP contribution in [0.15, 0.2) is 18.2 Å². The van der Waals surface area contributed by atoms with Gasteiger partial charge in [-0.3, -0.25) is 4.90 Å². The summed E-state index contributed by atoms with van der Waals surface area (Å²) in [7, 11) is 1.34. The lowest BCUT2D eigenvalue weighted by molar-refractivity contribution is -0.0704. The van der Waals surface area contributed by atoms with E-state index in [9.17, 15) is 0 Å². The van der Waals surface area contributed by atoms with E-state index in [0.717, 1.165) is 30.8 Å². The molecule has 2 heterocycles. The summed E-state index contributed by atoms with van der Waals surface area (Å²) in [5.74, 6) is 0.856. The fraction of sp³-hybridized carbons (Fsp3) is 0.700. The standard InChI is InChI=1S/C20H32BNO4/c1-14-11-22(12-15(2)24-14)13-16-10-17(23-7)8-9-18(16)21-25-19(3,4)20(5,6)26-21/h8-10,14-15H,11-13H2,1-7H3/t14-,15+. The molecule has 6 heteroatoms. The van der Waals surface area contributed by atoms with E-state index in [1.54, 1.807) is 7.11 Å². The Hall–Kier alpha value is -1.08. The van der Waals surface area contributed by atoms with E-state index in [1.165, 1.54) is 5.56 Å². The molecule has 2 saturated heterocycles. The van der Waals surface area contributed by atoms with Crippen LogP contribution in [0.4, 0.5) is 0 Å². The van der Waals surface area contributed by atoms with Crippen molar-refractivity contribution in [3.63, 3.8) is 0 Å². The Labute approximate surface area is 158 Å². The number of morpholine rings is 1. The molecule has 2 fully saturated rings. The van der Waals surface area contributed by atoms with Gasteiger partial charge in [-0.25, -0.2) is 0 Å². The van der Waals surface area contributed by atoms with Crippen molar-refractivity contribution >= 4 is 12.6 Å². The number of benzene rings is 1. The highest BCUT2D eigenvalue weighted by Crippen LogP contribution is 2.37. The SMILES string of the molecule is COc1ccc(B2OC(C)(C)C(C)(C)O2)c(CN2C[C@@H](C)O[C@@H](C)C2)c1. The molecule has 3 rings (SSSR count). The van der Waals surface area contributed by atoms with Gasteiger partial charge in [-0.15, -0.1) is 0 Å². The van der Waals surface area contributed by atoms with E-state index >= 15 is 0 Å². The van der Waals surface area contributed by atoms with E-state index in [-0.39, 0.29) is 30.5 Å². The Morgan fingerprint density at radius 3 is 2.19 bits per heavy atom. The van der Waals surface area contributed by atoms with Gasteiger partial charge in [0.05, 0.1) is 30.5 Å². The molecule has 0 aromatic heterocycles. The number of rotatable bonds is 4. The first kappa shape index (κ1) is 19.7. The van der Waals surface area contributed by atoms with Gasteiger partial charge in [0.15, 0.2) is 0 Å². The van der Waals surface area contributed by atoms with Crippen LogP contribution in [0.1, 0.15) is 47.1 Å². The largest absolute Gasteiger partial charge is 0.497 e. The molecule has 0 amide bonds. The Morgan fingerprint density at radius 2 is 1.65 bits per heavy atom. The van der Waals surface area contributed by atoms with Crippen LogP contribution in [0.5, 0.6) is 5.75 Å². The van der Waals surface area contributed by atoms with Crippen molar-refractivity contribution in [2.24, 2.45) is 0 Å². The molecule has 0 aliphatic carbocycles. The third-order valence-electron chi connectivity index (χ3n) is 5.75. The van der Waals surface area contributed by atoms with Crippen LogP contribution in [0.25, 0.3) is 0 Å². The molecule has 0 spiro atoms. The van der Waals surface area contributed by atoms with E-state index < -0.39 is 0 Å². The van der Waals surface area contributed by atoms with Crippen LogP contribution in [-0.2, 0) is 20.6 Å². The maximum absolute atomic E-state index is 6.29. The van der Waals surface area contributed by atoms with Crippen molar-refractivity contribution in [2.75, 3.05) is 20.2 Å². The van der Waals surface area contributed by atoms with Gasteiger partial charge >= 0.3 is 7.12 Å². The summed E-state index contributed by atoms with van der Waals surface area (Å²) in [6.07, 6.45) is 0.481. The van der Waals surface area contributed by atoms with Gasteiger partial charge in [0.1, 0.15) is 5.75 Å². The monoisotopic (exact) mass is 361 g/mol. The first-order valence-corrected chi connectivity index (χ1v) is 9.51. The first-order chi connectivity index (χ1) is 12.1. The van der Waals surface area contributed by atoms with Gasteiger partial charge in [-0.2, -0.15) is 0 Å². The quantitative estimate of drug-likeness (QED) is 0.771. The zero-order chi connectivity index (χ0) is 19.1. The molecule has 0 unspecified atom stereocenters. The molecular weight excluding hydrogens is 329 g/mol. The average molecular weight is 361 g/mol. The minimum atomic E-state index is -0.364. The van der Waals surface area contributed by atoms with Gasteiger partial charge in [-0.1, -0.05) is 6.07 Å². The Morgan fingerprint density at radius 1 is 1.08 bits per heavy atom. The van der Waals surface area contributed by atoms with Crippen LogP contribution in [0, 0.1) is 0 Å². The van der Waals surface area contributed by atoms with E-state index in [4.69, 9.17) is 18.8 Å².